The van der Waals surface area contributed by atoms with Gasteiger partial charge in [-0.05, 0) is 136 Å². The van der Waals surface area contributed by atoms with E-state index < -0.39 is 46.8 Å². The van der Waals surface area contributed by atoms with E-state index in [2.05, 4.69) is 74.3 Å². The van der Waals surface area contributed by atoms with Gasteiger partial charge in [0, 0.05) is 99.9 Å². The van der Waals surface area contributed by atoms with Crippen molar-refractivity contribution < 1.29 is 37.8 Å². The van der Waals surface area contributed by atoms with Crippen LogP contribution in [0.3, 0.4) is 0 Å². The Morgan fingerprint density at radius 2 is 1.70 bits per heavy atom. The van der Waals surface area contributed by atoms with Gasteiger partial charge in [0.15, 0.2) is 0 Å². The summed E-state index contributed by atoms with van der Waals surface area (Å²) in [5.41, 5.74) is 10.2. The molecule has 8 fully saturated rings. The molecule has 3 aliphatic carbocycles. The average molecular weight is 1110 g/mol. The molecule has 81 heavy (non-hydrogen) atoms. The van der Waals surface area contributed by atoms with E-state index in [4.69, 9.17) is 19.2 Å². The number of halogens is 1. The topological polar surface area (TPSA) is 176 Å². The number of carbonyl (C=O) groups is 4. The lowest BCUT2D eigenvalue weighted by Gasteiger charge is -2.55. The fourth-order valence-electron chi connectivity index (χ4n) is 14.8. The van der Waals surface area contributed by atoms with Crippen LogP contribution < -0.4 is 21.0 Å². The number of nitrogens with zero attached hydrogens (tertiary/aromatic N) is 7. The molecular formula is C63H83FN10O7. The van der Waals surface area contributed by atoms with Crippen LogP contribution in [0.4, 0.5) is 10.1 Å². The van der Waals surface area contributed by atoms with E-state index in [1.54, 1.807) is 13.2 Å². The summed E-state index contributed by atoms with van der Waals surface area (Å²) in [6.07, 6.45) is 12.0. The molecule has 13 rings (SSSR count). The number of hydrogen-bond donors (Lipinski definition) is 3. The van der Waals surface area contributed by atoms with Crippen molar-refractivity contribution >= 4 is 40.3 Å². The average Bonchev–Trinajstić information content (AvgIpc) is 4.52. The Morgan fingerprint density at radius 3 is 2.44 bits per heavy atom. The molecule has 6 bridgehead atoms. The quantitative estimate of drug-likeness (QED) is 0.105. The Hall–Kier alpha value is -5.50. The van der Waals surface area contributed by atoms with Crippen molar-refractivity contribution in [1.82, 2.24) is 45.3 Å². The Balaban J connectivity index is 0.845. The van der Waals surface area contributed by atoms with Crippen LogP contribution in [0.15, 0.2) is 48.7 Å². The molecule has 2 aromatic heterocycles. The fourth-order valence-corrected chi connectivity index (χ4v) is 14.8. The lowest BCUT2D eigenvalue weighted by Crippen LogP contribution is -2.73. The second-order valence-corrected chi connectivity index (χ2v) is 26.1. The van der Waals surface area contributed by atoms with Crippen molar-refractivity contribution in [2.24, 2.45) is 17.3 Å². The number of carbonyl (C=O) groups excluding carboxylic acids is 4. The number of ether oxygens (including phenoxy) is 3. The first kappa shape index (κ1) is 54.7. The SMILES string of the molecule is CCn1c(-c2cc(N3CCN(C4CC4)CC3)cnc2[C@H](C)OC)c2c3cc(ccc31)-c1cc(F)cc(c1)C[C@H](NC(=O)C(C1CCCC1)N1CCOC3(CN(C(=O)[C@@H]4NC4C4CC4)C3)C1)C(=O)N1CCC[C@H](N1)C(=O)OCC(C)(C)C2. The maximum Gasteiger partial charge on any atom is 0.324 e. The first-order valence-electron chi connectivity index (χ1n) is 30.6. The summed E-state index contributed by atoms with van der Waals surface area (Å²) in [5, 5.41) is 9.15. The standard InChI is InChI=1S/C63H83FN10O7/c1-6-73-52-18-15-42-30-47(52)49(57(73)48-31-46(33-65-53(48)38(2)79-5)70-22-20-69(21-23-70)45-16-17-45)32-62(3,4)37-80-61(78)50-12-9-19-74(68-50)59(76)51(28-39-26-43(42)29-44(64)27-39)66-58(75)56(41-10-7-8-11-41)71-24-25-81-63(34-71)35-72(36-63)60(77)55-54(67-55)40-13-14-40/h15,18,26-27,29-31,33,38,40-41,45,50-51,54-56,67-68H,6-14,16-17,19-25,28,32,34-37H2,1-5H3,(H,66,75)/t38-,50-,51-,54?,55+,56?/m0/s1. The first-order valence-corrected chi connectivity index (χ1v) is 30.6. The van der Waals surface area contributed by atoms with Gasteiger partial charge in [-0.3, -0.25) is 44.3 Å². The number of hydrogen-bond acceptors (Lipinski definition) is 13. The monoisotopic (exact) mass is 1110 g/mol. The predicted octanol–water partition coefficient (Wildman–Crippen LogP) is 6.39. The summed E-state index contributed by atoms with van der Waals surface area (Å²) in [7, 11) is 1.72. The number of likely N-dealkylation sites (tertiary alicyclic amines) is 1. The van der Waals surface area contributed by atoms with E-state index >= 15 is 14.0 Å². The number of anilines is 1. The molecule has 17 nitrogen and oxygen atoms in total. The lowest BCUT2D eigenvalue weighted by atomic mass is 9.84. The van der Waals surface area contributed by atoms with Crippen molar-refractivity contribution in [3.8, 4) is 22.4 Å². The molecule has 0 radical (unpaired) electrons. The molecule has 1 spiro atoms. The van der Waals surface area contributed by atoms with Crippen LogP contribution in [0.25, 0.3) is 33.3 Å². The highest BCUT2D eigenvalue weighted by molar-refractivity contribution is 5.96. The number of pyridine rings is 1. The summed E-state index contributed by atoms with van der Waals surface area (Å²) in [5.74, 6) is -0.723. The van der Waals surface area contributed by atoms with Crippen LogP contribution in [0.1, 0.15) is 115 Å². The number of amides is 3. The summed E-state index contributed by atoms with van der Waals surface area (Å²) < 4.78 is 37.6. The number of nitrogens with one attached hydrogen (secondary N) is 3. The molecule has 8 heterocycles. The number of rotatable bonds is 12. The molecule has 5 saturated heterocycles. The van der Waals surface area contributed by atoms with E-state index in [-0.39, 0.29) is 42.9 Å². The van der Waals surface area contributed by atoms with E-state index in [0.29, 0.717) is 88.2 Å². The van der Waals surface area contributed by atoms with Crippen LogP contribution in [-0.4, -0.2) is 174 Å². The maximum atomic E-state index is 16.4. The molecule has 2 aromatic carbocycles. The molecule has 18 heteroatoms. The number of aromatic nitrogens is 2. The highest BCUT2D eigenvalue weighted by Gasteiger charge is 2.57. The molecule has 434 valence electrons. The van der Waals surface area contributed by atoms with Gasteiger partial charge in [0.2, 0.25) is 11.8 Å². The summed E-state index contributed by atoms with van der Waals surface area (Å²) in [4.78, 5) is 72.7. The number of piperazine rings is 1. The van der Waals surface area contributed by atoms with Gasteiger partial charge in [-0.2, -0.15) is 0 Å². The highest BCUT2D eigenvalue weighted by atomic mass is 19.1. The third-order valence-electron chi connectivity index (χ3n) is 19.5. The minimum Gasteiger partial charge on any atom is -0.464 e. The van der Waals surface area contributed by atoms with Crippen molar-refractivity contribution in [1.29, 1.82) is 0 Å². The number of methoxy groups -OCH3 is 1. The molecule has 2 unspecified atom stereocenters. The second-order valence-electron chi connectivity index (χ2n) is 26.1. The maximum absolute atomic E-state index is 16.4. The number of morpholine rings is 1. The molecule has 6 atom stereocenters. The Bertz CT molecular complexity index is 3070. The molecule has 6 aliphatic heterocycles. The number of cyclic esters (lactones) is 1. The lowest BCUT2D eigenvalue weighted by molar-refractivity contribution is -0.197. The van der Waals surface area contributed by atoms with Crippen molar-refractivity contribution in [2.75, 3.05) is 84.1 Å². The fraction of sp³-hybridized carbons (Fsp3) is 0.635. The van der Waals surface area contributed by atoms with Crippen LogP contribution in [0.2, 0.25) is 0 Å². The summed E-state index contributed by atoms with van der Waals surface area (Å²) in [6, 6.07) is 12.1. The van der Waals surface area contributed by atoms with Gasteiger partial charge in [-0.25, -0.2) is 9.82 Å². The molecule has 3 amide bonds. The molecular weight excluding hydrogens is 1030 g/mol. The van der Waals surface area contributed by atoms with E-state index in [9.17, 15) is 9.59 Å². The van der Waals surface area contributed by atoms with E-state index in [0.717, 1.165) is 103 Å². The normalized spacial score (nSPS) is 27.2. The summed E-state index contributed by atoms with van der Waals surface area (Å²) >= 11 is 0. The van der Waals surface area contributed by atoms with Crippen LogP contribution in [-0.2, 0) is 52.8 Å². The van der Waals surface area contributed by atoms with Crippen LogP contribution >= 0.6 is 0 Å². The van der Waals surface area contributed by atoms with Crippen LogP contribution in [0.5, 0.6) is 0 Å². The van der Waals surface area contributed by atoms with Gasteiger partial charge >= 0.3 is 5.97 Å². The van der Waals surface area contributed by atoms with Crippen molar-refractivity contribution in [3.63, 3.8) is 0 Å². The minimum absolute atomic E-state index is 0.0126. The highest BCUT2D eigenvalue weighted by Crippen LogP contribution is 2.45. The zero-order valence-corrected chi connectivity index (χ0v) is 48.2. The summed E-state index contributed by atoms with van der Waals surface area (Å²) in [6.45, 7) is 15.9. The number of fused-ring (bicyclic) bond motifs is 6. The third-order valence-corrected chi connectivity index (χ3v) is 19.5. The van der Waals surface area contributed by atoms with Gasteiger partial charge in [0.25, 0.3) is 5.91 Å². The van der Waals surface area contributed by atoms with Crippen molar-refractivity contribution in [2.45, 2.75) is 159 Å². The van der Waals surface area contributed by atoms with Gasteiger partial charge in [-0.1, -0.05) is 38.8 Å². The Morgan fingerprint density at radius 1 is 0.914 bits per heavy atom. The van der Waals surface area contributed by atoms with Gasteiger partial charge in [0.05, 0.1) is 61.7 Å². The number of hydrazine groups is 1. The second kappa shape index (κ2) is 21.9. The van der Waals surface area contributed by atoms with Gasteiger partial charge < -0.3 is 33.9 Å². The molecule has 9 aliphatic rings. The molecule has 3 N–H and O–H groups in total. The zero-order valence-electron chi connectivity index (χ0n) is 48.2. The molecule has 4 aromatic rings. The van der Waals surface area contributed by atoms with E-state index in [1.807, 2.05) is 30.2 Å². The van der Waals surface area contributed by atoms with Gasteiger partial charge in [-0.15, -0.1) is 0 Å². The largest absolute Gasteiger partial charge is 0.464 e. The number of benzene rings is 2. The van der Waals surface area contributed by atoms with E-state index in [1.165, 1.54) is 36.8 Å². The number of esters is 1. The Kier molecular flexibility index (Phi) is 14.8. The third kappa shape index (κ3) is 11.0. The van der Waals surface area contributed by atoms with Gasteiger partial charge in [0.1, 0.15) is 29.5 Å². The van der Waals surface area contributed by atoms with Crippen LogP contribution in [0, 0.1) is 23.1 Å². The number of aryl methyl sites for hydroxylation is 1. The smallest absolute Gasteiger partial charge is 0.324 e. The molecule has 3 saturated carbocycles. The zero-order chi connectivity index (χ0) is 55.9. The minimum atomic E-state index is -1.10. The van der Waals surface area contributed by atoms with Crippen molar-refractivity contribution in [3.05, 3.63) is 71.3 Å². The predicted molar refractivity (Wildman–Crippen MR) is 306 cm³/mol. The first-order chi connectivity index (χ1) is 39.1. The Labute approximate surface area is 475 Å².